The molecule has 20 heavy (non-hydrogen) atoms. The maximum absolute atomic E-state index is 14.1. The van der Waals surface area contributed by atoms with E-state index in [0.717, 1.165) is 50.1 Å². The van der Waals surface area contributed by atoms with Crippen LogP contribution in [-0.4, -0.2) is 32.8 Å². The topological polar surface area (TPSA) is 24.5 Å². The fourth-order valence-electron chi connectivity index (χ4n) is 2.76. The van der Waals surface area contributed by atoms with Gasteiger partial charge in [0, 0.05) is 38.0 Å². The number of rotatable bonds is 6. The van der Waals surface area contributed by atoms with Gasteiger partial charge in [-0.2, -0.15) is 0 Å². The maximum atomic E-state index is 14.1. The highest BCUT2D eigenvalue weighted by molar-refractivity contribution is 5.54. The third kappa shape index (κ3) is 3.70. The lowest BCUT2D eigenvalue weighted by Crippen LogP contribution is -2.40. The zero-order chi connectivity index (χ0) is 14.4. The molecule has 1 fully saturated rings. The number of halogens is 1. The van der Waals surface area contributed by atoms with Crippen molar-refractivity contribution in [2.75, 3.05) is 31.6 Å². The van der Waals surface area contributed by atoms with Gasteiger partial charge in [0.05, 0.1) is 6.10 Å². The van der Waals surface area contributed by atoms with E-state index in [0.29, 0.717) is 6.54 Å². The van der Waals surface area contributed by atoms with Gasteiger partial charge in [0.25, 0.3) is 0 Å². The van der Waals surface area contributed by atoms with E-state index in [1.807, 2.05) is 6.07 Å². The predicted octanol–water partition coefficient (Wildman–Crippen LogP) is 2.94. The van der Waals surface area contributed by atoms with Gasteiger partial charge in [0.1, 0.15) is 5.82 Å². The summed E-state index contributed by atoms with van der Waals surface area (Å²) in [6, 6.07) is 5.36. The zero-order valence-corrected chi connectivity index (χ0v) is 12.5. The molecule has 0 aromatic heterocycles. The minimum absolute atomic E-state index is 0.120. The molecule has 1 unspecified atom stereocenters. The van der Waals surface area contributed by atoms with Crippen LogP contribution in [0.3, 0.4) is 0 Å². The first-order valence-electron chi connectivity index (χ1n) is 7.52. The normalized spacial score (nSPS) is 19.4. The van der Waals surface area contributed by atoms with E-state index in [4.69, 9.17) is 4.74 Å². The van der Waals surface area contributed by atoms with Crippen molar-refractivity contribution in [3.05, 3.63) is 29.6 Å². The average molecular weight is 280 g/mol. The lowest BCUT2D eigenvalue weighted by atomic mass is 10.0. The SMILES string of the molecule is CCCNCc1c(F)cccc1N1CCCC(OC)C1. The molecule has 0 radical (unpaired) electrons. The van der Waals surface area contributed by atoms with Crippen LogP contribution in [0.2, 0.25) is 0 Å². The van der Waals surface area contributed by atoms with E-state index in [2.05, 4.69) is 17.1 Å². The van der Waals surface area contributed by atoms with Gasteiger partial charge in [0.2, 0.25) is 0 Å². The van der Waals surface area contributed by atoms with Gasteiger partial charge >= 0.3 is 0 Å². The molecular weight excluding hydrogens is 255 g/mol. The molecule has 0 saturated carbocycles. The molecule has 0 aliphatic carbocycles. The van der Waals surface area contributed by atoms with E-state index in [-0.39, 0.29) is 11.9 Å². The number of benzene rings is 1. The Balaban J connectivity index is 2.15. The number of nitrogens with one attached hydrogen (secondary N) is 1. The number of ether oxygens (including phenoxy) is 1. The molecule has 1 aliphatic rings. The third-order valence-corrected chi connectivity index (χ3v) is 3.87. The molecule has 0 amide bonds. The quantitative estimate of drug-likeness (QED) is 0.811. The second kappa shape index (κ2) is 7.60. The summed E-state index contributed by atoms with van der Waals surface area (Å²) in [6.45, 7) is 5.44. The summed E-state index contributed by atoms with van der Waals surface area (Å²) in [7, 11) is 1.75. The summed E-state index contributed by atoms with van der Waals surface area (Å²) in [5, 5.41) is 3.30. The van der Waals surface area contributed by atoms with Crippen molar-refractivity contribution < 1.29 is 9.13 Å². The van der Waals surface area contributed by atoms with Gasteiger partial charge in [-0.1, -0.05) is 13.0 Å². The molecule has 0 bridgehead atoms. The van der Waals surface area contributed by atoms with Crippen LogP contribution in [0.1, 0.15) is 31.7 Å². The molecule has 4 heteroatoms. The van der Waals surface area contributed by atoms with E-state index < -0.39 is 0 Å². The Morgan fingerprint density at radius 3 is 3.05 bits per heavy atom. The highest BCUT2D eigenvalue weighted by atomic mass is 19.1. The Morgan fingerprint density at radius 1 is 1.45 bits per heavy atom. The Bertz CT molecular complexity index is 425. The molecule has 2 rings (SSSR count). The van der Waals surface area contributed by atoms with Crippen LogP contribution in [0.5, 0.6) is 0 Å². The summed E-state index contributed by atoms with van der Waals surface area (Å²) in [5.74, 6) is -0.120. The van der Waals surface area contributed by atoms with E-state index in [1.165, 1.54) is 0 Å². The Labute approximate surface area is 121 Å². The van der Waals surface area contributed by atoms with Gasteiger partial charge in [-0.15, -0.1) is 0 Å². The standard InChI is InChI=1S/C16H25FN2O/c1-3-9-18-11-14-15(17)7-4-8-16(14)19-10-5-6-13(12-19)20-2/h4,7-8,13,18H,3,5-6,9-12H2,1-2H3. The third-order valence-electron chi connectivity index (χ3n) is 3.87. The van der Waals surface area contributed by atoms with Gasteiger partial charge in [-0.3, -0.25) is 0 Å². The van der Waals surface area contributed by atoms with Gasteiger partial charge in [0.15, 0.2) is 0 Å². The first-order chi connectivity index (χ1) is 9.76. The zero-order valence-electron chi connectivity index (χ0n) is 12.5. The molecular formula is C16H25FN2O. The number of anilines is 1. The van der Waals surface area contributed by atoms with E-state index >= 15 is 0 Å². The molecule has 1 heterocycles. The van der Waals surface area contributed by atoms with Gasteiger partial charge in [-0.05, 0) is 37.9 Å². The summed E-state index contributed by atoms with van der Waals surface area (Å²) in [5.41, 5.74) is 1.79. The van der Waals surface area contributed by atoms with E-state index in [9.17, 15) is 4.39 Å². The average Bonchev–Trinajstić information content (AvgIpc) is 2.49. The van der Waals surface area contributed by atoms with Gasteiger partial charge < -0.3 is 15.0 Å². The minimum Gasteiger partial charge on any atom is -0.380 e. The first-order valence-corrected chi connectivity index (χ1v) is 7.52. The van der Waals surface area contributed by atoms with Gasteiger partial charge in [-0.25, -0.2) is 4.39 Å². The number of nitrogens with zero attached hydrogens (tertiary/aromatic N) is 1. The molecule has 1 atom stereocenters. The van der Waals surface area contributed by atoms with Crippen molar-refractivity contribution in [1.29, 1.82) is 0 Å². The van der Waals surface area contributed by atoms with Crippen molar-refractivity contribution in [2.24, 2.45) is 0 Å². The second-order valence-electron chi connectivity index (χ2n) is 5.36. The van der Waals surface area contributed by atoms with Crippen LogP contribution >= 0.6 is 0 Å². The monoisotopic (exact) mass is 280 g/mol. The maximum Gasteiger partial charge on any atom is 0.129 e. The Kier molecular flexibility index (Phi) is 5.80. The van der Waals surface area contributed by atoms with Crippen molar-refractivity contribution in [2.45, 2.75) is 38.8 Å². The fourth-order valence-corrected chi connectivity index (χ4v) is 2.76. The minimum atomic E-state index is -0.120. The van der Waals surface area contributed by atoms with Crippen molar-refractivity contribution in [3.8, 4) is 0 Å². The molecule has 1 N–H and O–H groups in total. The molecule has 0 spiro atoms. The Hall–Kier alpha value is -1.13. The van der Waals surface area contributed by atoms with Crippen LogP contribution in [0, 0.1) is 5.82 Å². The second-order valence-corrected chi connectivity index (χ2v) is 5.36. The number of hydrogen-bond acceptors (Lipinski definition) is 3. The van der Waals surface area contributed by atoms with Crippen LogP contribution in [-0.2, 0) is 11.3 Å². The number of hydrogen-bond donors (Lipinski definition) is 1. The van der Waals surface area contributed by atoms with Crippen LogP contribution in [0.25, 0.3) is 0 Å². The highest BCUT2D eigenvalue weighted by Gasteiger charge is 2.22. The predicted molar refractivity (Wildman–Crippen MR) is 80.6 cm³/mol. The molecule has 1 saturated heterocycles. The molecule has 1 aliphatic heterocycles. The van der Waals surface area contributed by atoms with Crippen LogP contribution < -0.4 is 10.2 Å². The van der Waals surface area contributed by atoms with E-state index in [1.54, 1.807) is 19.2 Å². The summed E-state index contributed by atoms with van der Waals surface area (Å²) >= 11 is 0. The summed E-state index contributed by atoms with van der Waals surface area (Å²) in [4.78, 5) is 2.25. The fraction of sp³-hybridized carbons (Fsp3) is 0.625. The van der Waals surface area contributed by atoms with Crippen molar-refractivity contribution >= 4 is 5.69 Å². The highest BCUT2D eigenvalue weighted by Crippen LogP contribution is 2.27. The smallest absolute Gasteiger partial charge is 0.129 e. The first kappa shape index (κ1) is 15.3. The van der Waals surface area contributed by atoms with Crippen LogP contribution in [0.15, 0.2) is 18.2 Å². The van der Waals surface area contributed by atoms with Crippen molar-refractivity contribution in [1.82, 2.24) is 5.32 Å². The number of piperidine rings is 1. The lowest BCUT2D eigenvalue weighted by molar-refractivity contribution is 0.0893. The van der Waals surface area contributed by atoms with Crippen LogP contribution in [0.4, 0.5) is 10.1 Å². The largest absolute Gasteiger partial charge is 0.380 e. The molecule has 1 aromatic carbocycles. The summed E-state index contributed by atoms with van der Waals surface area (Å²) in [6.07, 6.45) is 3.49. The lowest BCUT2D eigenvalue weighted by Gasteiger charge is -2.35. The Morgan fingerprint density at radius 2 is 2.30 bits per heavy atom. The summed E-state index contributed by atoms with van der Waals surface area (Å²) < 4.78 is 19.6. The molecule has 3 nitrogen and oxygen atoms in total. The molecule has 112 valence electrons. The van der Waals surface area contributed by atoms with Crippen molar-refractivity contribution in [3.63, 3.8) is 0 Å². The number of methoxy groups -OCH3 is 1. The molecule has 1 aromatic rings.